The number of halogens is 2. The molecule has 1 aliphatic rings. The molecule has 2 heterocycles. The average molecular weight is 426 g/mol. The molecule has 0 saturated carbocycles. The number of amides is 3. The highest BCUT2D eigenvalue weighted by molar-refractivity contribution is 6.31. The first-order chi connectivity index (χ1) is 13.8. The molecule has 0 atom stereocenters. The quantitative estimate of drug-likeness (QED) is 0.444. The van der Waals surface area contributed by atoms with E-state index in [1.165, 1.54) is 0 Å². The van der Waals surface area contributed by atoms with E-state index < -0.39 is 11.9 Å². The molecule has 1 fully saturated rings. The molecule has 0 radical (unpaired) electrons. The summed E-state index contributed by atoms with van der Waals surface area (Å²) in [7, 11) is 0. The summed E-state index contributed by atoms with van der Waals surface area (Å²) >= 11 is 11.9. The van der Waals surface area contributed by atoms with Gasteiger partial charge in [-0.3, -0.25) is 4.79 Å². The zero-order valence-corrected chi connectivity index (χ0v) is 17.3. The highest BCUT2D eigenvalue weighted by Gasteiger charge is 2.35. The van der Waals surface area contributed by atoms with Crippen molar-refractivity contribution in [3.63, 3.8) is 0 Å². The van der Waals surface area contributed by atoms with Crippen molar-refractivity contribution in [3.8, 4) is 5.69 Å². The number of aromatic nitrogens is 1. The number of hydrogen-bond acceptors (Lipinski definition) is 2. The van der Waals surface area contributed by atoms with E-state index in [0.717, 1.165) is 27.5 Å². The fraction of sp³-hybridized carbons (Fsp3) is 0.0909. The fourth-order valence-corrected chi connectivity index (χ4v) is 3.69. The van der Waals surface area contributed by atoms with Crippen LogP contribution >= 0.6 is 23.2 Å². The van der Waals surface area contributed by atoms with E-state index in [1.54, 1.807) is 30.3 Å². The molecule has 1 saturated heterocycles. The SMILES string of the molecule is Cc1cc(/C=C2/NC(=O)N(c3ccc(Cl)cc3)C2=O)c(C)n1-c1ccc(Cl)cc1. The van der Waals surface area contributed by atoms with Gasteiger partial charge in [0.1, 0.15) is 5.70 Å². The van der Waals surface area contributed by atoms with E-state index in [9.17, 15) is 9.59 Å². The molecule has 2 aromatic carbocycles. The number of urea groups is 1. The Labute approximate surface area is 178 Å². The first-order valence-corrected chi connectivity index (χ1v) is 9.68. The predicted octanol–water partition coefficient (Wildman–Crippen LogP) is 5.50. The maximum Gasteiger partial charge on any atom is 0.333 e. The van der Waals surface area contributed by atoms with E-state index in [2.05, 4.69) is 9.88 Å². The van der Waals surface area contributed by atoms with Crippen molar-refractivity contribution in [1.29, 1.82) is 0 Å². The smallest absolute Gasteiger partial charge is 0.318 e. The molecular weight excluding hydrogens is 409 g/mol. The van der Waals surface area contributed by atoms with Gasteiger partial charge in [-0.25, -0.2) is 9.69 Å². The first-order valence-electron chi connectivity index (χ1n) is 8.93. The van der Waals surface area contributed by atoms with Crippen molar-refractivity contribution in [2.75, 3.05) is 4.90 Å². The third-order valence-electron chi connectivity index (χ3n) is 4.82. The summed E-state index contributed by atoms with van der Waals surface area (Å²) in [6.45, 7) is 3.95. The number of carbonyl (C=O) groups is 2. The number of carbonyl (C=O) groups excluding carboxylic acids is 2. The summed E-state index contributed by atoms with van der Waals surface area (Å²) in [5.74, 6) is -0.409. The summed E-state index contributed by atoms with van der Waals surface area (Å²) < 4.78 is 2.07. The molecule has 3 amide bonds. The van der Waals surface area contributed by atoms with Crippen LogP contribution in [-0.2, 0) is 4.79 Å². The van der Waals surface area contributed by atoms with Crippen LogP contribution in [-0.4, -0.2) is 16.5 Å². The molecular formula is C22H17Cl2N3O2. The van der Waals surface area contributed by atoms with Gasteiger partial charge in [-0.1, -0.05) is 23.2 Å². The lowest BCUT2D eigenvalue weighted by Gasteiger charge is -2.11. The molecule has 0 aliphatic carbocycles. The van der Waals surface area contributed by atoms with Gasteiger partial charge >= 0.3 is 6.03 Å². The predicted molar refractivity (Wildman–Crippen MR) is 116 cm³/mol. The van der Waals surface area contributed by atoms with E-state index in [1.807, 2.05) is 44.2 Å². The maximum atomic E-state index is 12.8. The Bertz CT molecular complexity index is 1150. The summed E-state index contributed by atoms with van der Waals surface area (Å²) in [4.78, 5) is 26.3. The van der Waals surface area contributed by atoms with Crippen LogP contribution in [0.1, 0.15) is 17.0 Å². The van der Waals surface area contributed by atoms with E-state index in [0.29, 0.717) is 15.7 Å². The lowest BCUT2D eigenvalue weighted by atomic mass is 10.2. The number of anilines is 1. The second kappa shape index (κ2) is 7.43. The molecule has 1 N–H and O–H groups in total. The second-order valence-corrected chi connectivity index (χ2v) is 7.62. The summed E-state index contributed by atoms with van der Waals surface area (Å²) in [6.07, 6.45) is 1.70. The van der Waals surface area contributed by atoms with Gasteiger partial charge in [0, 0.05) is 27.1 Å². The molecule has 29 heavy (non-hydrogen) atoms. The van der Waals surface area contributed by atoms with Crippen molar-refractivity contribution in [3.05, 3.63) is 87.3 Å². The molecule has 0 spiro atoms. The lowest BCUT2D eigenvalue weighted by Crippen LogP contribution is -2.30. The molecule has 4 rings (SSSR count). The number of benzene rings is 2. The molecule has 0 bridgehead atoms. The molecule has 7 heteroatoms. The van der Waals surface area contributed by atoms with Gasteiger partial charge in [-0.15, -0.1) is 0 Å². The van der Waals surface area contributed by atoms with Gasteiger partial charge in [-0.05, 0) is 80.1 Å². The average Bonchev–Trinajstić information content (AvgIpc) is 3.12. The first kappa shape index (κ1) is 19.3. The minimum absolute atomic E-state index is 0.223. The van der Waals surface area contributed by atoms with Gasteiger partial charge in [0.15, 0.2) is 0 Å². The largest absolute Gasteiger partial charge is 0.333 e. The number of hydrogen-bond donors (Lipinski definition) is 1. The molecule has 1 aliphatic heterocycles. The summed E-state index contributed by atoms with van der Waals surface area (Å²) in [5, 5.41) is 3.86. The van der Waals surface area contributed by atoms with Gasteiger partial charge in [0.25, 0.3) is 5.91 Å². The number of imide groups is 1. The third-order valence-corrected chi connectivity index (χ3v) is 5.32. The Kier molecular flexibility index (Phi) is 4.94. The molecule has 3 aromatic rings. The van der Waals surface area contributed by atoms with Gasteiger partial charge in [0.05, 0.1) is 5.69 Å². The van der Waals surface area contributed by atoms with Crippen LogP contribution in [0.3, 0.4) is 0 Å². The Morgan fingerprint density at radius 2 is 1.41 bits per heavy atom. The number of nitrogens with one attached hydrogen (secondary N) is 1. The maximum absolute atomic E-state index is 12.8. The zero-order chi connectivity index (χ0) is 20.7. The van der Waals surface area contributed by atoms with Crippen molar-refractivity contribution >= 4 is 46.9 Å². The van der Waals surface area contributed by atoms with E-state index in [4.69, 9.17) is 23.2 Å². The van der Waals surface area contributed by atoms with Crippen LogP contribution in [0.25, 0.3) is 11.8 Å². The topological polar surface area (TPSA) is 54.3 Å². The Morgan fingerprint density at radius 1 is 0.862 bits per heavy atom. The molecule has 1 aromatic heterocycles. The van der Waals surface area contributed by atoms with Crippen molar-refractivity contribution in [2.45, 2.75) is 13.8 Å². The second-order valence-electron chi connectivity index (χ2n) is 6.74. The van der Waals surface area contributed by atoms with Crippen LogP contribution in [0.2, 0.25) is 10.0 Å². The van der Waals surface area contributed by atoms with Crippen molar-refractivity contribution < 1.29 is 9.59 Å². The Hall–Kier alpha value is -3.02. The molecule has 146 valence electrons. The van der Waals surface area contributed by atoms with Crippen LogP contribution in [0.15, 0.2) is 60.3 Å². The minimum Gasteiger partial charge on any atom is -0.318 e. The van der Waals surface area contributed by atoms with Crippen molar-refractivity contribution in [2.24, 2.45) is 0 Å². The molecule has 5 nitrogen and oxygen atoms in total. The minimum atomic E-state index is -0.491. The Morgan fingerprint density at radius 3 is 2.00 bits per heavy atom. The number of rotatable bonds is 3. The fourth-order valence-electron chi connectivity index (χ4n) is 3.44. The van der Waals surface area contributed by atoms with Gasteiger partial charge < -0.3 is 9.88 Å². The molecule has 0 unspecified atom stereocenters. The Balaban J connectivity index is 1.69. The normalized spacial score (nSPS) is 15.3. The highest BCUT2D eigenvalue weighted by atomic mass is 35.5. The zero-order valence-electron chi connectivity index (χ0n) is 15.7. The van der Waals surface area contributed by atoms with Gasteiger partial charge in [-0.2, -0.15) is 0 Å². The number of aryl methyl sites for hydroxylation is 1. The van der Waals surface area contributed by atoms with Crippen molar-refractivity contribution in [1.82, 2.24) is 9.88 Å². The van der Waals surface area contributed by atoms with Gasteiger partial charge in [0.2, 0.25) is 0 Å². The summed E-state index contributed by atoms with van der Waals surface area (Å²) in [5.41, 5.74) is 4.46. The lowest BCUT2D eigenvalue weighted by molar-refractivity contribution is -0.113. The van der Waals surface area contributed by atoms with E-state index in [-0.39, 0.29) is 5.70 Å². The van der Waals surface area contributed by atoms with Crippen LogP contribution in [0, 0.1) is 13.8 Å². The van der Waals surface area contributed by atoms with Crippen LogP contribution in [0.5, 0.6) is 0 Å². The van der Waals surface area contributed by atoms with Crippen LogP contribution < -0.4 is 10.2 Å². The number of nitrogens with zero attached hydrogens (tertiary/aromatic N) is 2. The third kappa shape index (κ3) is 3.55. The van der Waals surface area contributed by atoms with Crippen LogP contribution in [0.4, 0.5) is 10.5 Å². The highest BCUT2D eigenvalue weighted by Crippen LogP contribution is 2.27. The monoisotopic (exact) mass is 425 g/mol. The summed E-state index contributed by atoms with van der Waals surface area (Å²) in [6, 6.07) is 15.6. The standard InChI is InChI=1S/C22H17Cl2N3O2/c1-13-11-15(14(2)26(13)18-7-3-16(23)4-8-18)12-20-21(28)27(22(29)25-20)19-9-5-17(24)6-10-19/h3-12H,1-2H3,(H,25,29)/b20-12+. The van der Waals surface area contributed by atoms with E-state index >= 15 is 0 Å².